The monoisotopic (exact) mass is 268 g/mol. The van der Waals surface area contributed by atoms with Crippen LogP contribution >= 0.6 is 0 Å². The molecule has 0 amide bonds. The van der Waals surface area contributed by atoms with Gasteiger partial charge in [-0.05, 0) is 58.0 Å². The van der Waals surface area contributed by atoms with Crippen molar-refractivity contribution in [2.75, 3.05) is 26.7 Å². The molecule has 1 saturated heterocycles. The summed E-state index contributed by atoms with van der Waals surface area (Å²) in [5.74, 6) is -0.349. The highest BCUT2D eigenvalue weighted by Gasteiger charge is 2.22. The van der Waals surface area contributed by atoms with Gasteiger partial charge >= 0.3 is 0 Å². The van der Waals surface area contributed by atoms with E-state index < -0.39 is 11.6 Å². The minimum absolute atomic E-state index is 0.175. The molecular weight excluding hydrogens is 246 g/mol. The molecule has 19 heavy (non-hydrogen) atoms. The fraction of sp³-hybridized carbons (Fsp3) is 0.600. The van der Waals surface area contributed by atoms with Crippen molar-refractivity contribution in [1.82, 2.24) is 10.2 Å². The minimum atomic E-state index is -0.457. The second kappa shape index (κ2) is 6.44. The number of benzene rings is 1. The zero-order valence-electron chi connectivity index (χ0n) is 11.6. The van der Waals surface area contributed by atoms with Crippen LogP contribution in [0.2, 0.25) is 0 Å². The first-order valence-electron chi connectivity index (χ1n) is 6.94. The molecule has 2 nitrogen and oxygen atoms in total. The molecule has 1 aromatic carbocycles. The third kappa shape index (κ3) is 3.51. The van der Waals surface area contributed by atoms with Crippen LogP contribution in [-0.4, -0.2) is 31.6 Å². The van der Waals surface area contributed by atoms with Gasteiger partial charge in [-0.15, -0.1) is 0 Å². The fourth-order valence-electron chi connectivity index (χ4n) is 2.78. The lowest BCUT2D eigenvalue weighted by Gasteiger charge is -2.31. The molecule has 4 heteroatoms. The summed E-state index contributed by atoms with van der Waals surface area (Å²) in [6.07, 6.45) is 2.37. The van der Waals surface area contributed by atoms with Gasteiger partial charge in [0.25, 0.3) is 0 Å². The maximum atomic E-state index is 13.8. The van der Waals surface area contributed by atoms with E-state index in [2.05, 4.69) is 5.32 Å². The van der Waals surface area contributed by atoms with E-state index in [0.29, 0.717) is 5.92 Å². The lowest BCUT2D eigenvalue weighted by Crippen LogP contribution is -2.38. The summed E-state index contributed by atoms with van der Waals surface area (Å²) < 4.78 is 27.5. The zero-order chi connectivity index (χ0) is 13.8. The van der Waals surface area contributed by atoms with Crippen molar-refractivity contribution in [3.63, 3.8) is 0 Å². The van der Waals surface area contributed by atoms with Gasteiger partial charge in [0.05, 0.1) is 0 Å². The summed E-state index contributed by atoms with van der Waals surface area (Å²) in [5, 5.41) is 3.37. The Labute approximate surface area is 113 Å². The maximum absolute atomic E-state index is 13.8. The van der Waals surface area contributed by atoms with E-state index in [-0.39, 0.29) is 11.6 Å². The van der Waals surface area contributed by atoms with Crippen molar-refractivity contribution in [2.45, 2.75) is 25.8 Å². The Morgan fingerprint density at radius 1 is 1.37 bits per heavy atom. The predicted molar refractivity (Wildman–Crippen MR) is 73.0 cm³/mol. The second-order valence-electron chi connectivity index (χ2n) is 5.46. The molecule has 0 saturated carbocycles. The van der Waals surface area contributed by atoms with E-state index in [4.69, 9.17) is 0 Å². The predicted octanol–water partition coefficient (Wildman–Crippen LogP) is 2.96. The first kappa shape index (κ1) is 14.4. The van der Waals surface area contributed by atoms with Gasteiger partial charge in [0.15, 0.2) is 0 Å². The number of nitrogens with zero attached hydrogens (tertiary/aromatic N) is 1. The molecule has 0 aliphatic carbocycles. The van der Waals surface area contributed by atoms with Crippen LogP contribution in [0.1, 0.15) is 31.4 Å². The molecule has 0 bridgehead atoms. The summed E-state index contributed by atoms with van der Waals surface area (Å²) in [6.45, 7) is 4.80. The highest BCUT2D eigenvalue weighted by atomic mass is 19.1. The van der Waals surface area contributed by atoms with E-state index in [1.807, 2.05) is 18.9 Å². The molecular formula is C15H22F2N2. The summed E-state index contributed by atoms with van der Waals surface area (Å²) in [4.78, 5) is 2.04. The summed E-state index contributed by atoms with van der Waals surface area (Å²) in [5.41, 5.74) is 0.175. The average Bonchev–Trinajstić information content (AvgIpc) is 2.39. The van der Waals surface area contributed by atoms with E-state index >= 15 is 0 Å². The van der Waals surface area contributed by atoms with Crippen molar-refractivity contribution < 1.29 is 8.78 Å². The standard InChI is InChI=1S/C15H22F2N2/c1-11(15-13(16)6-3-7-14(15)17)19(2)10-12-5-4-8-18-9-12/h3,6-7,11-12,18H,4-5,8-10H2,1-2H3. The van der Waals surface area contributed by atoms with Gasteiger partial charge < -0.3 is 5.32 Å². The Bertz CT molecular complexity index is 396. The molecule has 106 valence electrons. The molecule has 1 heterocycles. The van der Waals surface area contributed by atoms with Crippen LogP contribution in [0.3, 0.4) is 0 Å². The Balaban J connectivity index is 2.03. The first-order valence-corrected chi connectivity index (χ1v) is 6.94. The number of piperidine rings is 1. The Hall–Kier alpha value is -1.00. The molecule has 1 aliphatic rings. The second-order valence-corrected chi connectivity index (χ2v) is 5.46. The average molecular weight is 268 g/mol. The number of halogens is 2. The molecule has 1 aliphatic heterocycles. The van der Waals surface area contributed by atoms with Crippen LogP contribution in [0.5, 0.6) is 0 Å². The largest absolute Gasteiger partial charge is 0.316 e. The number of hydrogen-bond acceptors (Lipinski definition) is 2. The number of hydrogen-bond donors (Lipinski definition) is 1. The summed E-state index contributed by atoms with van der Waals surface area (Å²) in [7, 11) is 1.94. The van der Waals surface area contributed by atoms with Crippen molar-refractivity contribution in [3.05, 3.63) is 35.4 Å². The molecule has 1 aromatic rings. The summed E-state index contributed by atoms with van der Waals surface area (Å²) >= 11 is 0. The normalized spacial score (nSPS) is 21.6. The van der Waals surface area contributed by atoms with E-state index in [1.54, 1.807) is 0 Å². The van der Waals surface area contributed by atoms with Gasteiger partial charge in [0.1, 0.15) is 11.6 Å². The Morgan fingerprint density at radius 3 is 2.63 bits per heavy atom. The Morgan fingerprint density at radius 2 is 2.05 bits per heavy atom. The van der Waals surface area contributed by atoms with Crippen LogP contribution < -0.4 is 5.32 Å². The van der Waals surface area contributed by atoms with E-state index in [9.17, 15) is 8.78 Å². The molecule has 1 N–H and O–H groups in total. The van der Waals surface area contributed by atoms with E-state index in [0.717, 1.165) is 19.6 Å². The van der Waals surface area contributed by atoms with Crippen LogP contribution in [0.4, 0.5) is 8.78 Å². The van der Waals surface area contributed by atoms with Gasteiger partial charge in [-0.3, -0.25) is 4.90 Å². The number of nitrogens with one attached hydrogen (secondary N) is 1. The maximum Gasteiger partial charge on any atom is 0.130 e. The number of rotatable bonds is 4. The van der Waals surface area contributed by atoms with Gasteiger partial charge in [0, 0.05) is 18.2 Å². The molecule has 2 rings (SSSR count). The SMILES string of the molecule is CC(c1c(F)cccc1F)N(C)CC1CCCNC1. The molecule has 2 atom stereocenters. The van der Waals surface area contributed by atoms with Gasteiger partial charge in [-0.2, -0.15) is 0 Å². The minimum Gasteiger partial charge on any atom is -0.316 e. The third-order valence-electron chi connectivity index (χ3n) is 4.02. The van der Waals surface area contributed by atoms with Crippen LogP contribution in [0.25, 0.3) is 0 Å². The fourth-order valence-corrected chi connectivity index (χ4v) is 2.78. The van der Waals surface area contributed by atoms with E-state index in [1.165, 1.54) is 31.0 Å². The van der Waals surface area contributed by atoms with Gasteiger partial charge in [-0.25, -0.2) is 8.78 Å². The summed E-state index contributed by atoms with van der Waals surface area (Å²) in [6, 6.07) is 3.81. The highest BCUT2D eigenvalue weighted by Crippen LogP contribution is 2.26. The first-order chi connectivity index (χ1) is 9.09. The molecule has 1 fully saturated rings. The topological polar surface area (TPSA) is 15.3 Å². The van der Waals surface area contributed by atoms with Crippen molar-refractivity contribution in [2.24, 2.45) is 5.92 Å². The smallest absolute Gasteiger partial charge is 0.130 e. The molecule has 0 aromatic heterocycles. The lowest BCUT2D eigenvalue weighted by atomic mass is 9.97. The highest BCUT2D eigenvalue weighted by molar-refractivity contribution is 5.22. The quantitative estimate of drug-likeness (QED) is 0.903. The van der Waals surface area contributed by atoms with Crippen molar-refractivity contribution >= 4 is 0 Å². The van der Waals surface area contributed by atoms with Crippen molar-refractivity contribution in [3.8, 4) is 0 Å². The lowest BCUT2D eigenvalue weighted by molar-refractivity contribution is 0.193. The molecule has 2 unspecified atom stereocenters. The van der Waals surface area contributed by atoms with Crippen LogP contribution in [0, 0.1) is 17.6 Å². The molecule has 0 spiro atoms. The van der Waals surface area contributed by atoms with Crippen molar-refractivity contribution in [1.29, 1.82) is 0 Å². The van der Waals surface area contributed by atoms with Gasteiger partial charge in [0.2, 0.25) is 0 Å². The zero-order valence-corrected chi connectivity index (χ0v) is 11.6. The van der Waals surface area contributed by atoms with Gasteiger partial charge in [-0.1, -0.05) is 6.07 Å². The van der Waals surface area contributed by atoms with Crippen LogP contribution in [0.15, 0.2) is 18.2 Å². The Kier molecular flexibility index (Phi) is 4.88. The molecule has 0 radical (unpaired) electrons. The van der Waals surface area contributed by atoms with Crippen LogP contribution in [-0.2, 0) is 0 Å². The third-order valence-corrected chi connectivity index (χ3v) is 4.02.